The van der Waals surface area contributed by atoms with Crippen LogP contribution in [-0.4, -0.2) is 37.2 Å². The van der Waals surface area contributed by atoms with E-state index < -0.39 is 9.84 Å². The number of amides is 1. The average Bonchev–Trinajstić information content (AvgIpc) is 2.62. The molecule has 1 N–H and O–H groups in total. The Morgan fingerprint density at radius 2 is 1.76 bits per heavy atom. The van der Waals surface area contributed by atoms with Gasteiger partial charge in [-0.05, 0) is 32.1 Å². The van der Waals surface area contributed by atoms with Gasteiger partial charge >= 0.3 is 0 Å². The van der Waals surface area contributed by atoms with Crippen LogP contribution in [0.4, 0.5) is 0 Å². The van der Waals surface area contributed by atoms with Crippen LogP contribution in [0.25, 0.3) is 0 Å². The zero-order chi connectivity index (χ0) is 12.5. The Kier molecular flexibility index (Phi) is 3.98. The number of rotatable bonds is 2. The van der Waals surface area contributed by atoms with Crippen LogP contribution in [-0.2, 0) is 14.6 Å². The van der Waals surface area contributed by atoms with E-state index in [4.69, 9.17) is 11.6 Å². The molecule has 0 aromatic heterocycles. The molecule has 0 bridgehead atoms. The second-order valence-electron chi connectivity index (χ2n) is 5.06. The van der Waals surface area contributed by atoms with Crippen molar-refractivity contribution in [3.8, 4) is 0 Å². The van der Waals surface area contributed by atoms with Crippen molar-refractivity contribution in [2.75, 3.05) is 11.5 Å². The molecule has 1 aliphatic carbocycles. The van der Waals surface area contributed by atoms with Gasteiger partial charge in [0.25, 0.3) is 0 Å². The van der Waals surface area contributed by atoms with E-state index in [9.17, 15) is 13.2 Å². The molecule has 1 heterocycles. The highest BCUT2D eigenvalue weighted by Crippen LogP contribution is 2.24. The van der Waals surface area contributed by atoms with E-state index >= 15 is 0 Å². The second kappa shape index (κ2) is 5.14. The van der Waals surface area contributed by atoms with E-state index in [1.807, 2.05) is 0 Å². The number of carbonyl (C=O) groups is 1. The lowest BCUT2D eigenvalue weighted by Crippen LogP contribution is -2.41. The van der Waals surface area contributed by atoms with Crippen LogP contribution in [0.1, 0.15) is 32.1 Å². The van der Waals surface area contributed by atoms with Crippen LogP contribution < -0.4 is 5.32 Å². The topological polar surface area (TPSA) is 63.2 Å². The molecule has 0 aromatic rings. The molecule has 1 amide bonds. The van der Waals surface area contributed by atoms with Gasteiger partial charge in [-0.2, -0.15) is 0 Å². The van der Waals surface area contributed by atoms with Gasteiger partial charge in [0.1, 0.15) is 0 Å². The Morgan fingerprint density at radius 3 is 2.29 bits per heavy atom. The van der Waals surface area contributed by atoms with Crippen molar-refractivity contribution in [1.29, 1.82) is 0 Å². The Bertz CT molecular complexity index is 388. The predicted octanol–water partition coefficient (Wildman–Crippen LogP) is 1.09. The minimum absolute atomic E-state index is 0.0175. The molecule has 1 unspecified atom stereocenters. The molecule has 1 saturated heterocycles. The molecule has 6 heteroatoms. The molecule has 98 valence electrons. The van der Waals surface area contributed by atoms with Gasteiger partial charge in [-0.25, -0.2) is 8.42 Å². The highest BCUT2D eigenvalue weighted by molar-refractivity contribution is 7.91. The summed E-state index contributed by atoms with van der Waals surface area (Å²) >= 11 is 5.99. The van der Waals surface area contributed by atoms with E-state index in [1.165, 1.54) is 0 Å². The molecular weight excluding hydrogens is 262 g/mol. The Balaban J connectivity index is 1.82. The van der Waals surface area contributed by atoms with Gasteiger partial charge in [0.2, 0.25) is 5.91 Å². The number of sulfone groups is 1. The molecule has 17 heavy (non-hydrogen) atoms. The van der Waals surface area contributed by atoms with Crippen LogP contribution in [0.2, 0.25) is 0 Å². The molecule has 2 aliphatic rings. The molecule has 4 nitrogen and oxygen atoms in total. The Hall–Kier alpha value is -0.290. The zero-order valence-corrected chi connectivity index (χ0v) is 11.3. The van der Waals surface area contributed by atoms with E-state index in [2.05, 4.69) is 5.32 Å². The second-order valence-corrected chi connectivity index (χ2v) is 7.90. The smallest absolute Gasteiger partial charge is 0.224 e. The van der Waals surface area contributed by atoms with Gasteiger partial charge in [0.05, 0.1) is 17.4 Å². The first-order valence-electron chi connectivity index (χ1n) is 6.11. The van der Waals surface area contributed by atoms with E-state index in [-0.39, 0.29) is 34.7 Å². The fourth-order valence-electron chi connectivity index (χ4n) is 2.52. The summed E-state index contributed by atoms with van der Waals surface area (Å²) < 4.78 is 22.6. The van der Waals surface area contributed by atoms with Crippen LogP contribution in [0.3, 0.4) is 0 Å². The minimum atomic E-state index is -2.97. The third kappa shape index (κ3) is 3.58. The van der Waals surface area contributed by atoms with Crippen molar-refractivity contribution in [3.63, 3.8) is 0 Å². The summed E-state index contributed by atoms with van der Waals surface area (Å²) in [6, 6.07) is 0.181. The molecule has 0 aromatic carbocycles. The third-order valence-corrected chi connectivity index (χ3v) is 5.81. The number of nitrogens with one attached hydrogen (secondary N) is 1. The summed E-state index contributed by atoms with van der Waals surface area (Å²) in [5, 5.41) is 3.19. The first kappa shape index (κ1) is 13.1. The molecule has 0 radical (unpaired) electrons. The number of halogens is 1. The normalized spacial score (nSPS) is 36.6. The van der Waals surface area contributed by atoms with Gasteiger partial charge in [0, 0.05) is 11.4 Å². The summed E-state index contributed by atoms with van der Waals surface area (Å²) in [5.41, 5.74) is 0. The molecular formula is C11H18ClNO3S. The van der Waals surface area contributed by atoms with E-state index in [0.717, 1.165) is 25.7 Å². The standard InChI is InChI=1S/C11H18ClNO3S/c12-9-1-3-10(4-2-9)13-11(14)8-5-6-17(15,16)7-8/h8-10H,1-7H2,(H,13,14). The summed E-state index contributed by atoms with van der Waals surface area (Å²) in [6.45, 7) is 0. The van der Waals surface area contributed by atoms with Gasteiger partial charge < -0.3 is 5.32 Å². The lowest BCUT2D eigenvalue weighted by atomic mass is 9.94. The minimum Gasteiger partial charge on any atom is -0.353 e. The first-order valence-corrected chi connectivity index (χ1v) is 8.37. The van der Waals surface area contributed by atoms with Crippen molar-refractivity contribution in [1.82, 2.24) is 5.32 Å². The molecule has 1 aliphatic heterocycles. The summed E-state index contributed by atoms with van der Waals surface area (Å²) in [4.78, 5) is 11.9. The van der Waals surface area contributed by atoms with Crippen LogP contribution in [0.15, 0.2) is 0 Å². The summed E-state index contributed by atoms with van der Waals surface area (Å²) in [6.07, 6.45) is 4.13. The van der Waals surface area contributed by atoms with Crippen molar-refractivity contribution in [2.24, 2.45) is 5.92 Å². The maximum atomic E-state index is 11.9. The van der Waals surface area contributed by atoms with Crippen molar-refractivity contribution in [2.45, 2.75) is 43.5 Å². The van der Waals surface area contributed by atoms with Gasteiger partial charge in [-0.1, -0.05) is 0 Å². The molecule has 2 fully saturated rings. The molecule has 0 spiro atoms. The quantitative estimate of drug-likeness (QED) is 0.770. The highest BCUT2D eigenvalue weighted by Gasteiger charge is 2.34. The summed E-state index contributed by atoms with van der Waals surface area (Å²) in [5.74, 6) is -0.263. The van der Waals surface area contributed by atoms with Crippen LogP contribution >= 0.6 is 11.6 Å². The SMILES string of the molecule is O=C(NC1CCC(Cl)CC1)C1CCS(=O)(=O)C1. The Morgan fingerprint density at radius 1 is 1.12 bits per heavy atom. The maximum Gasteiger partial charge on any atom is 0.224 e. The van der Waals surface area contributed by atoms with Gasteiger partial charge in [-0.3, -0.25) is 4.79 Å². The van der Waals surface area contributed by atoms with E-state index in [1.54, 1.807) is 0 Å². The number of alkyl halides is 1. The lowest BCUT2D eigenvalue weighted by molar-refractivity contribution is -0.125. The van der Waals surface area contributed by atoms with Gasteiger partial charge in [-0.15, -0.1) is 11.6 Å². The van der Waals surface area contributed by atoms with Crippen LogP contribution in [0, 0.1) is 5.92 Å². The van der Waals surface area contributed by atoms with Crippen molar-refractivity contribution >= 4 is 27.3 Å². The maximum absolute atomic E-state index is 11.9. The number of hydrogen-bond acceptors (Lipinski definition) is 3. The fraction of sp³-hybridized carbons (Fsp3) is 0.909. The van der Waals surface area contributed by atoms with Crippen molar-refractivity contribution in [3.05, 3.63) is 0 Å². The average molecular weight is 280 g/mol. The first-order chi connectivity index (χ1) is 7.96. The summed E-state index contributed by atoms with van der Waals surface area (Å²) in [7, 11) is -2.97. The largest absolute Gasteiger partial charge is 0.353 e. The van der Waals surface area contributed by atoms with Gasteiger partial charge in [0.15, 0.2) is 9.84 Å². The fourth-order valence-corrected chi connectivity index (χ4v) is 4.51. The Labute approximate surface area is 107 Å². The monoisotopic (exact) mass is 279 g/mol. The lowest BCUT2D eigenvalue weighted by Gasteiger charge is -2.26. The predicted molar refractivity (Wildman–Crippen MR) is 66.8 cm³/mol. The van der Waals surface area contributed by atoms with E-state index in [0.29, 0.717) is 6.42 Å². The number of hydrogen-bond donors (Lipinski definition) is 1. The third-order valence-electron chi connectivity index (χ3n) is 3.61. The number of carbonyl (C=O) groups excluding carboxylic acids is 1. The van der Waals surface area contributed by atoms with Crippen molar-refractivity contribution < 1.29 is 13.2 Å². The van der Waals surface area contributed by atoms with Crippen LogP contribution in [0.5, 0.6) is 0 Å². The molecule has 1 atom stereocenters. The molecule has 2 rings (SSSR count). The highest BCUT2D eigenvalue weighted by atomic mass is 35.5. The zero-order valence-electron chi connectivity index (χ0n) is 9.69. The molecule has 1 saturated carbocycles.